The second-order valence-electron chi connectivity index (χ2n) is 4.77. The highest BCUT2D eigenvalue weighted by molar-refractivity contribution is 8.15. The summed E-state index contributed by atoms with van der Waals surface area (Å²) in [6.07, 6.45) is 0. The molecule has 0 rings (SSSR count). The minimum atomic E-state index is -0.756. The van der Waals surface area contributed by atoms with Gasteiger partial charge in [0.1, 0.15) is 6.04 Å². The van der Waals surface area contributed by atoms with Gasteiger partial charge in [0.15, 0.2) is 10.9 Å². The van der Waals surface area contributed by atoms with E-state index < -0.39 is 12.1 Å². The fraction of sp³-hybridized carbons (Fsp3) is 0.571. The SMILES string of the molecule is C=C(C)NC(CSC(=O)C(CSC(C)=O)NC(C)=O)C(C)=O. The Morgan fingerprint density at radius 3 is 1.86 bits per heavy atom. The highest BCUT2D eigenvalue weighted by Crippen LogP contribution is 2.14. The van der Waals surface area contributed by atoms with E-state index in [9.17, 15) is 19.2 Å². The van der Waals surface area contributed by atoms with Crippen LogP contribution in [0, 0.1) is 0 Å². The number of rotatable bonds is 9. The second kappa shape index (κ2) is 10.4. The zero-order chi connectivity index (χ0) is 17.3. The van der Waals surface area contributed by atoms with Gasteiger partial charge in [-0.2, -0.15) is 0 Å². The molecule has 2 N–H and O–H groups in total. The molecule has 0 bridgehead atoms. The number of hydrogen-bond acceptors (Lipinski definition) is 7. The third-order valence-corrected chi connectivity index (χ3v) is 4.39. The number of Topliss-reactive ketones (excluding diaryl/α,β-unsaturated/α-hetero) is 1. The van der Waals surface area contributed by atoms with Crippen LogP contribution in [0.1, 0.15) is 27.7 Å². The number of nitrogens with one attached hydrogen (secondary N) is 2. The predicted octanol–water partition coefficient (Wildman–Crippen LogP) is 1.11. The van der Waals surface area contributed by atoms with Crippen LogP contribution in [-0.4, -0.2) is 45.5 Å². The van der Waals surface area contributed by atoms with Crippen molar-refractivity contribution in [3.63, 3.8) is 0 Å². The monoisotopic (exact) mass is 346 g/mol. The van der Waals surface area contributed by atoms with E-state index in [1.54, 1.807) is 6.92 Å². The Morgan fingerprint density at radius 2 is 1.45 bits per heavy atom. The summed E-state index contributed by atoms with van der Waals surface area (Å²) < 4.78 is 0. The van der Waals surface area contributed by atoms with Crippen LogP contribution in [0.15, 0.2) is 12.3 Å². The summed E-state index contributed by atoms with van der Waals surface area (Å²) >= 11 is 1.93. The van der Waals surface area contributed by atoms with E-state index in [1.165, 1.54) is 20.8 Å². The molecule has 0 aliphatic carbocycles. The maximum absolute atomic E-state index is 12.2. The molecule has 0 saturated carbocycles. The Morgan fingerprint density at radius 1 is 0.909 bits per heavy atom. The van der Waals surface area contributed by atoms with Crippen LogP contribution in [-0.2, 0) is 19.2 Å². The fourth-order valence-corrected chi connectivity index (χ4v) is 3.17. The van der Waals surface area contributed by atoms with Crippen molar-refractivity contribution in [2.45, 2.75) is 39.8 Å². The summed E-state index contributed by atoms with van der Waals surface area (Å²) in [4.78, 5) is 45.8. The number of hydrogen-bond donors (Lipinski definition) is 2. The normalized spacial score (nSPS) is 12.9. The molecular weight excluding hydrogens is 324 g/mol. The van der Waals surface area contributed by atoms with Crippen molar-refractivity contribution in [2.24, 2.45) is 0 Å². The molecule has 0 aromatic heterocycles. The summed E-state index contributed by atoms with van der Waals surface area (Å²) in [5.74, 6) is -0.0230. The highest BCUT2D eigenvalue weighted by atomic mass is 32.2. The van der Waals surface area contributed by atoms with Crippen LogP contribution in [0.4, 0.5) is 0 Å². The van der Waals surface area contributed by atoms with Crippen LogP contribution >= 0.6 is 23.5 Å². The van der Waals surface area contributed by atoms with E-state index in [0.29, 0.717) is 5.70 Å². The van der Waals surface area contributed by atoms with E-state index in [1.807, 2.05) is 0 Å². The molecule has 0 aliphatic rings. The van der Waals surface area contributed by atoms with Crippen LogP contribution in [0.3, 0.4) is 0 Å². The van der Waals surface area contributed by atoms with Crippen LogP contribution in [0.2, 0.25) is 0 Å². The first-order valence-corrected chi connectivity index (χ1v) is 8.60. The summed E-state index contributed by atoms with van der Waals surface area (Å²) in [6, 6.07) is -1.27. The lowest BCUT2D eigenvalue weighted by Gasteiger charge is -2.19. The van der Waals surface area contributed by atoms with Gasteiger partial charge in [0, 0.05) is 31.1 Å². The standard InChI is InChI=1S/C14H22N2O4S2/c1-8(2)15-12(9(3)17)6-22-14(20)13(16-10(4)18)7-21-11(5)19/h12-13,15H,1,6-7H2,2-5H3,(H,16,18). The van der Waals surface area contributed by atoms with E-state index in [4.69, 9.17) is 0 Å². The Hall–Kier alpha value is -1.28. The fourth-order valence-electron chi connectivity index (χ4n) is 1.44. The van der Waals surface area contributed by atoms with Gasteiger partial charge in [-0.1, -0.05) is 30.1 Å². The molecule has 0 aromatic rings. The molecule has 0 spiro atoms. The zero-order valence-electron chi connectivity index (χ0n) is 13.2. The van der Waals surface area contributed by atoms with Gasteiger partial charge in [-0.25, -0.2) is 0 Å². The van der Waals surface area contributed by atoms with Gasteiger partial charge in [-0.05, 0) is 13.8 Å². The average molecular weight is 346 g/mol. The Balaban J connectivity index is 4.64. The van der Waals surface area contributed by atoms with Crippen molar-refractivity contribution in [3.05, 3.63) is 12.3 Å². The van der Waals surface area contributed by atoms with E-state index in [2.05, 4.69) is 17.2 Å². The van der Waals surface area contributed by atoms with Crippen LogP contribution in [0.5, 0.6) is 0 Å². The number of allylic oxidation sites excluding steroid dienone is 1. The number of thioether (sulfide) groups is 2. The topological polar surface area (TPSA) is 92.3 Å². The van der Waals surface area contributed by atoms with Gasteiger partial charge in [0.2, 0.25) is 11.0 Å². The summed E-state index contributed by atoms with van der Waals surface area (Å²) in [5, 5.41) is 5.02. The smallest absolute Gasteiger partial charge is 0.217 e. The lowest BCUT2D eigenvalue weighted by Crippen LogP contribution is -2.42. The van der Waals surface area contributed by atoms with E-state index in [-0.39, 0.29) is 33.4 Å². The molecule has 2 atom stereocenters. The maximum Gasteiger partial charge on any atom is 0.217 e. The second-order valence-corrected chi connectivity index (χ2v) is 6.99. The molecule has 0 aliphatic heterocycles. The summed E-state index contributed by atoms with van der Waals surface area (Å²) in [5.41, 5.74) is 0.638. The van der Waals surface area contributed by atoms with Crippen molar-refractivity contribution in [1.82, 2.24) is 10.6 Å². The first kappa shape index (κ1) is 20.7. The minimum absolute atomic E-state index is 0.0995. The van der Waals surface area contributed by atoms with Crippen molar-refractivity contribution < 1.29 is 19.2 Å². The van der Waals surface area contributed by atoms with Crippen molar-refractivity contribution in [2.75, 3.05) is 11.5 Å². The van der Waals surface area contributed by atoms with Crippen molar-refractivity contribution in [1.29, 1.82) is 0 Å². The Labute approximate surface area is 139 Å². The average Bonchev–Trinajstić information content (AvgIpc) is 2.37. The van der Waals surface area contributed by atoms with Crippen molar-refractivity contribution in [3.8, 4) is 0 Å². The highest BCUT2D eigenvalue weighted by Gasteiger charge is 2.23. The molecule has 0 fully saturated rings. The first-order valence-electron chi connectivity index (χ1n) is 6.63. The number of amides is 1. The quantitative estimate of drug-likeness (QED) is 0.646. The largest absolute Gasteiger partial charge is 0.379 e. The van der Waals surface area contributed by atoms with Crippen molar-refractivity contribution >= 4 is 45.4 Å². The molecule has 0 heterocycles. The lowest BCUT2D eigenvalue weighted by molar-refractivity contribution is -0.122. The van der Waals surface area contributed by atoms with Gasteiger partial charge >= 0.3 is 0 Å². The van der Waals surface area contributed by atoms with E-state index in [0.717, 1.165) is 23.5 Å². The first-order chi connectivity index (χ1) is 10.1. The molecule has 124 valence electrons. The lowest BCUT2D eigenvalue weighted by atomic mass is 10.2. The van der Waals surface area contributed by atoms with Crippen LogP contribution in [0.25, 0.3) is 0 Å². The molecule has 0 radical (unpaired) electrons. The molecule has 0 saturated heterocycles. The van der Waals surface area contributed by atoms with Gasteiger partial charge in [0.05, 0.1) is 6.04 Å². The zero-order valence-corrected chi connectivity index (χ0v) is 14.9. The van der Waals surface area contributed by atoms with Gasteiger partial charge in [-0.3, -0.25) is 19.2 Å². The van der Waals surface area contributed by atoms with E-state index >= 15 is 0 Å². The Bertz CT molecular complexity index is 466. The molecule has 8 heteroatoms. The van der Waals surface area contributed by atoms with Gasteiger partial charge in [-0.15, -0.1) is 0 Å². The van der Waals surface area contributed by atoms with Gasteiger partial charge in [0.25, 0.3) is 0 Å². The summed E-state index contributed by atoms with van der Waals surface area (Å²) in [7, 11) is 0. The molecule has 22 heavy (non-hydrogen) atoms. The van der Waals surface area contributed by atoms with Crippen LogP contribution < -0.4 is 10.6 Å². The van der Waals surface area contributed by atoms with Gasteiger partial charge < -0.3 is 10.6 Å². The third kappa shape index (κ3) is 9.62. The molecule has 6 nitrogen and oxygen atoms in total. The number of ketones is 1. The summed E-state index contributed by atoms with van der Waals surface area (Å²) in [6.45, 7) is 9.54. The molecule has 2 unspecified atom stereocenters. The number of carbonyl (C=O) groups excluding carboxylic acids is 4. The molecule has 1 amide bonds. The molecular formula is C14H22N2O4S2. The minimum Gasteiger partial charge on any atom is -0.379 e. The maximum atomic E-state index is 12.2. The third-order valence-electron chi connectivity index (χ3n) is 2.42. The molecule has 0 aromatic carbocycles. The predicted molar refractivity (Wildman–Crippen MR) is 90.6 cm³/mol. The Kier molecular flexibility index (Phi) is 9.84. The number of carbonyl (C=O) groups is 4.